The van der Waals surface area contributed by atoms with Crippen LogP contribution in [0.25, 0.3) is 11.3 Å². The predicted octanol–water partition coefficient (Wildman–Crippen LogP) is 0.0338. The molecule has 0 unspecified atom stereocenters. The Labute approximate surface area is 177 Å². The molecule has 7 N–H and O–H groups in total. The van der Waals surface area contributed by atoms with E-state index in [1.165, 1.54) is 0 Å². The fourth-order valence-corrected chi connectivity index (χ4v) is 3.78. The number of nitrogen functional groups attached to an aromatic ring is 1. The molecule has 2 bridgehead atoms. The number of hydrogen-bond donors (Lipinski definition) is 6. The molecule has 1 aromatic heterocycles. The van der Waals surface area contributed by atoms with Gasteiger partial charge in [-0.15, -0.1) is 0 Å². The van der Waals surface area contributed by atoms with Gasteiger partial charge >= 0.3 is 0 Å². The van der Waals surface area contributed by atoms with Crippen molar-refractivity contribution in [2.24, 2.45) is 5.92 Å². The van der Waals surface area contributed by atoms with Crippen LogP contribution < -0.4 is 11.1 Å². The van der Waals surface area contributed by atoms with E-state index in [-0.39, 0.29) is 30.6 Å². The first-order valence-electron chi connectivity index (χ1n) is 9.48. The van der Waals surface area contributed by atoms with E-state index in [1.807, 2.05) is 0 Å². The van der Waals surface area contributed by atoms with Gasteiger partial charge in [0.25, 0.3) is 18.9 Å². The van der Waals surface area contributed by atoms with Crippen molar-refractivity contribution < 1.29 is 24.6 Å². The summed E-state index contributed by atoms with van der Waals surface area (Å²) in [4.78, 5) is 31.6. The smallest absolute Gasteiger partial charge is 0.290 e. The molecule has 0 spiro atoms. The first kappa shape index (κ1) is 23.5. The Morgan fingerprint density at radius 1 is 1.26 bits per heavy atom. The van der Waals surface area contributed by atoms with Gasteiger partial charge in [0.2, 0.25) is 0 Å². The van der Waals surface area contributed by atoms with Gasteiger partial charge in [-0.1, -0.05) is 6.07 Å². The van der Waals surface area contributed by atoms with Crippen LogP contribution in [0.15, 0.2) is 24.4 Å². The van der Waals surface area contributed by atoms with E-state index >= 15 is 0 Å². The monoisotopic (exact) mass is 431 g/mol. The van der Waals surface area contributed by atoms with E-state index < -0.39 is 0 Å². The third-order valence-electron chi connectivity index (χ3n) is 5.23. The van der Waals surface area contributed by atoms with Crippen molar-refractivity contribution >= 4 is 30.3 Å². The van der Waals surface area contributed by atoms with E-state index in [2.05, 4.69) is 25.6 Å². The summed E-state index contributed by atoms with van der Waals surface area (Å²) in [5, 5.41) is 35.4. The number of carboxylic acid groups (broad SMARTS) is 2. The number of aromatic nitrogens is 3. The second-order valence-electron chi connectivity index (χ2n) is 6.96. The van der Waals surface area contributed by atoms with Gasteiger partial charge in [0.1, 0.15) is 11.4 Å². The van der Waals surface area contributed by atoms with Crippen molar-refractivity contribution in [3.63, 3.8) is 0 Å². The van der Waals surface area contributed by atoms with Gasteiger partial charge in [0, 0.05) is 29.4 Å². The Morgan fingerprint density at radius 2 is 1.90 bits per heavy atom. The largest absolute Gasteiger partial charge is 0.483 e. The van der Waals surface area contributed by atoms with Gasteiger partial charge in [-0.25, -0.2) is 0 Å². The number of piperidine rings is 3. The summed E-state index contributed by atoms with van der Waals surface area (Å²) < 4.78 is 0. The molecular formula is C19H25N7O5. The van der Waals surface area contributed by atoms with Crippen LogP contribution in [0.4, 0.5) is 5.69 Å². The van der Waals surface area contributed by atoms with E-state index in [0.29, 0.717) is 22.9 Å². The summed E-state index contributed by atoms with van der Waals surface area (Å²) in [5.41, 5.74) is 8.26. The Balaban J connectivity index is 0.000000513. The molecule has 12 heteroatoms. The Hall–Kier alpha value is -3.80. The minimum absolute atomic E-state index is 0.0966. The third-order valence-corrected chi connectivity index (χ3v) is 5.23. The number of fused-ring (bicyclic) bond motifs is 3. The summed E-state index contributed by atoms with van der Waals surface area (Å²) in [6, 6.07) is 5.33. The third kappa shape index (κ3) is 6.09. The van der Waals surface area contributed by atoms with Crippen molar-refractivity contribution in [1.29, 1.82) is 5.41 Å². The van der Waals surface area contributed by atoms with Gasteiger partial charge in [-0.3, -0.25) is 19.8 Å². The lowest BCUT2D eigenvalue weighted by molar-refractivity contribution is -0.123. The number of nitrogens with one attached hydrogen (secondary N) is 3. The van der Waals surface area contributed by atoms with Crippen LogP contribution in [0, 0.1) is 11.3 Å². The normalized spacial score (nSPS) is 20.8. The van der Waals surface area contributed by atoms with Gasteiger partial charge in [-0.05, 0) is 44.0 Å². The number of H-pyrrole nitrogens is 1. The number of carbonyl (C=O) groups is 3. The lowest BCUT2D eigenvalue weighted by atomic mass is 9.84. The Morgan fingerprint density at radius 3 is 2.39 bits per heavy atom. The van der Waals surface area contributed by atoms with Crippen LogP contribution >= 0.6 is 0 Å². The Bertz CT molecular complexity index is 889. The molecule has 2 aromatic rings. The molecule has 5 rings (SSSR count). The molecular weight excluding hydrogens is 406 g/mol. The summed E-state index contributed by atoms with van der Waals surface area (Å²) >= 11 is 0. The highest BCUT2D eigenvalue weighted by Gasteiger charge is 2.35. The molecule has 3 fully saturated rings. The van der Waals surface area contributed by atoms with Crippen molar-refractivity contribution in [2.75, 3.05) is 25.4 Å². The van der Waals surface area contributed by atoms with E-state index in [1.54, 1.807) is 24.4 Å². The van der Waals surface area contributed by atoms with Crippen molar-refractivity contribution in [2.45, 2.75) is 18.9 Å². The quantitative estimate of drug-likeness (QED) is 0.220. The molecule has 0 aliphatic carbocycles. The molecule has 1 atom stereocenters. The highest BCUT2D eigenvalue weighted by molar-refractivity contribution is 6.45. The van der Waals surface area contributed by atoms with Crippen molar-refractivity contribution in [3.05, 3.63) is 30.0 Å². The van der Waals surface area contributed by atoms with E-state index in [9.17, 15) is 4.79 Å². The highest BCUT2D eigenvalue weighted by Crippen LogP contribution is 2.28. The number of hydrogen-bond acceptors (Lipinski definition) is 8. The van der Waals surface area contributed by atoms with Crippen molar-refractivity contribution in [3.8, 4) is 11.3 Å². The zero-order valence-electron chi connectivity index (χ0n) is 16.7. The summed E-state index contributed by atoms with van der Waals surface area (Å²) in [6.45, 7) is 2.61. The molecule has 4 heterocycles. The van der Waals surface area contributed by atoms with Gasteiger partial charge in [0.05, 0.1) is 6.20 Å². The van der Waals surface area contributed by atoms with Gasteiger partial charge < -0.3 is 26.2 Å². The van der Waals surface area contributed by atoms with Crippen LogP contribution in [0.5, 0.6) is 0 Å². The van der Waals surface area contributed by atoms with Crippen LogP contribution in [-0.4, -0.2) is 80.8 Å². The number of amides is 1. The summed E-state index contributed by atoms with van der Waals surface area (Å²) in [6.07, 6.45) is 3.83. The fourth-order valence-electron chi connectivity index (χ4n) is 3.78. The molecule has 1 amide bonds. The maximum atomic E-state index is 12.5. The molecule has 0 radical (unpaired) electrons. The SMILES string of the molecule is N=C(C(=O)N[C@@H]1CN2CCC1CC2)c1ccc(-c2cn[nH]n2)cc1N.O=CO.O=CO. The molecule has 31 heavy (non-hydrogen) atoms. The number of anilines is 1. The van der Waals surface area contributed by atoms with Gasteiger partial charge in [-0.2, -0.15) is 15.4 Å². The predicted molar refractivity (Wildman–Crippen MR) is 112 cm³/mol. The fraction of sp³-hybridized carbons (Fsp3) is 0.368. The maximum Gasteiger partial charge on any atom is 0.290 e. The second kappa shape index (κ2) is 11.4. The first-order chi connectivity index (χ1) is 14.9. The topological polar surface area (TPSA) is 198 Å². The second-order valence-corrected chi connectivity index (χ2v) is 6.96. The average Bonchev–Trinajstić information content (AvgIpc) is 3.30. The molecule has 0 saturated carbocycles. The highest BCUT2D eigenvalue weighted by atomic mass is 16.3. The zero-order chi connectivity index (χ0) is 22.8. The zero-order valence-corrected chi connectivity index (χ0v) is 16.7. The molecule has 166 valence electrons. The number of nitrogens with zero attached hydrogens (tertiary/aromatic N) is 3. The number of rotatable bonds is 4. The summed E-state index contributed by atoms with van der Waals surface area (Å²) in [5.74, 6) is 0.160. The number of nitrogens with two attached hydrogens (primary N) is 1. The van der Waals surface area contributed by atoms with Crippen LogP contribution in [-0.2, 0) is 14.4 Å². The molecule has 3 aliphatic heterocycles. The molecule has 3 saturated heterocycles. The minimum Gasteiger partial charge on any atom is -0.483 e. The number of aromatic amines is 1. The first-order valence-corrected chi connectivity index (χ1v) is 9.48. The number of benzene rings is 1. The lowest BCUT2D eigenvalue weighted by Gasteiger charge is -2.44. The maximum absolute atomic E-state index is 12.5. The molecule has 12 nitrogen and oxygen atoms in total. The average molecular weight is 431 g/mol. The van der Waals surface area contributed by atoms with Gasteiger partial charge in [0.15, 0.2) is 0 Å². The van der Waals surface area contributed by atoms with Crippen LogP contribution in [0.1, 0.15) is 18.4 Å². The Kier molecular flexibility index (Phi) is 8.64. The standard InChI is InChI=1S/C17H21N7O.2CH2O2/c18-13-7-11(14-8-20-23-22-14)1-2-12(13)16(19)17(25)21-15-9-24-5-3-10(15)4-6-24;2*2-1-3/h1-2,7-8,10,15,19H,3-6,9,18H2,(H,21,25)(H,20,22,23);2*1H,(H,2,3)/t15-;;/m1../s1. The molecule has 3 aliphatic rings. The summed E-state index contributed by atoms with van der Waals surface area (Å²) in [7, 11) is 0. The minimum atomic E-state index is -0.361. The van der Waals surface area contributed by atoms with Crippen molar-refractivity contribution in [1.82, 2.24) is 25.6 Å². The lowest BCUT2D eigenvalue weighted by Crippen LogP contribution is -2.58. The molecule has 1 aromatic carbocycles. The van der Waals surface area contributed by atoms with Crippen LogP contribution in [0.2, 0.25) is 0 Å². The van der Waals surface area contributed by atoms with E-state index in [4.69, 9.17) is 30.9 Å². The van der Waals surface area contributed by atoms with E-state index in [0.717, 1.165) is 38.0 Å². The van der Waals surface area contributed by atoms with Crippen LogP contribution in [0.3, 0.4) is 0 Å². The number of carbonyl (C=O) groups excluding carboxylic acids is 1.